The fourth-order valence-corrected chi connectivity index (χ4v) is 6.63. The average molecular weight is 638 g/mol. The first-order chi connectivity index (χ1) is 23.8. The van der Waals surface area contributed by atoms with Crippen LogP contribution in [0.5, 0.6) is 0 Å². The first kappa shape index (κ1) is 31.6. The van der Waals surface area contributed by atoms with E-state index in [2.05, 4.69) is 154 Å². The molecule has 0 saturated heterocycles. The van der Waals surface area contributed by atoms with Crippen molar-refractivity contribution >= 4 is 11.5 Å². The molecule has 2 unspecified atom stereocenters. The lowest BCUT2D eigenvalue weighted by Crippen LogP contribution is -2.33. The zero-order valence-corrected chi connectivity index (χ0v) is 28.6. The van der Waals surface area contributed by atoms with Crippen LogP contribution in [-0.4, -0.2) is 35.4 Å². The van der Waals surface area contributed by atoms with Crippen molar-refractivity contribution in [1.29, 1.82) is 5.26 Å². The Bertz CT molecular complexity index is 2160. The average Bonchev–Trinajstić information content (AvgIpc) is 3.14. The van der Waals surface area contributed by atoms with E-state index >= 15 is 0 Å². The molecule has 0 bridgehead atoms. The van der Waals surface area contributed by atoms with Gasteiger partial charge in [-0.1, -0.05) is 115 Å². The number of aliphatic imine (C=N–C) groups is 2. The van der Waals surface area contributed by atoms with Gasteiger partial charge in [0, 0.05) is 36.6 Å². The zero-order chi connectivity index (χ0) is 34.1. The predicted molar refractivity (Wildman–Crippen MR) is 201 cm³/mol. The second kappa shape index (κ2) is 13.3. The van der Waals surface area contributed by atoms with Crippen molar-refractivity contribution in [2.75, 3.05) is 14.1 Å². The lowest BCUT2D eigenvalue weighted by Gasteiger charge is -2.33. The summed E-state index contributed by atoms with van der Waals surface area (Å²) in [6, 6.07) is 44.7. The molecule has 5 aromatic rings. The van der Waals surface area contributed by atoms with Crippen LogP contribution in [-0.2, 0) is 0 Å². The molecule has 2 heterocycles. The van der Waals surface area contributed by atoms with Crippen molar-refractivity contribution in [1.82, 2.24) is 9.80 Å². The predicted octanol–water partition coefficient (Wildman–Crippen LogP) is 9.87. The number of nitrogens with zero attached hydrogens (tertiary/aromatic N) is 5. The highest BCUT2D eigenvalue weighted by Gasteiger charge is 2.24. The number of aryl methyl sites for hydroxylation is 1. The Hall–Kier alpha value is -5.99. The van der Waals surface area contributed by atoms with Crippen molar-refractivity contribution in [3.05, 3.63) is 178 Å². The molecular formula is C44H39N5. The van der Waals surface area contributed by atoms with Gasteiger partial charge in [-0.15, -0.1) is 0 Å². The van der Waals surface area contributed by atoms with E-state index in [1.165, 1.54) is 16.7 Å². The molecule has 240 valence electrons. The Morgan fingerprint density at radius 1 is 0.633 bits per heavy atom. The first-order valence-electron chi connectivity index (χ1n) is 16.7. The van der Waals surface area contributed by atoms with Crippen LogP contribution in [0.3, 0.4) is 0 Å². The van der Waals surface area contributed by atoms with Gasteiger partial charge in [-0.2, -0.15) is 5.26 Å². The largest absolute Gasteiger partial charge is 0.353 e. The van der Waals surface area contributed by atoms with Crippen LogP contribution in [0.2, 0.25) is 0 Å². The molecule has 0 amide bonds. The number of hydrogen-bond acceptors (Lipinski definition) is 5. The lowest BCUT2D eigenvalue weighted by atomic mass is 9.93. The molecule has 0 radical (unpaired) electrons. The Labute approximate surface area is 289 Å². The zero-order valence-electron chi connectivity index (χ0n) is 28.6. The van der Waals surface area contributed by atoms with E-state index < -0.39 is 0 Å². The highest BCUT2D eigenvalue weighted by atomic mass is 15.2. The minimum Gasteiger partial charge on any atom is -0.353 e. The second-order valence-corrected chi connectivity index (χ2v) is 12.9. The maximum atomic E-state index is 10.0. The highest BCUT2D eigenvalue weighted by molar-refractivity contribution is 6.09. The molecule has 2 aliphatic rings. The van der Waals surface area contributed by atoms with E-state index in [-0.39, 0.29) is 12.2 Å². The van der Waals surface area contributed by atoms with Gasteiger partial charge in [0.2, 0.25) is 0 Å². The van der Waals surface area contributed by atoms with Gasteiger partial charge in [0.05, 0.1) is 23.4 Å². The SMILES string of the molecule is CC1=CC(c2ccc(-c3ccc(C#N)c(-c4ccc(C5=NC(c6ccc(C)cc6)N(C)C(C)=C5)cc4)c3)cc2)N(C)C(c2ccccc2)=N1. The molecule has 0 aliphatic carbocycles. The van der Waals surface area contributed by atoms with Gasteiger partial charge in [-0.25, -0.2) is 4.99 Å². The molecule has 49 heavy (non-hydrogen) atoms. The summed E-state index contributed by atoms with van der Waals surface area (Å²) in [6.07, 6.45) is 4.27. The molecule has 0 aromatic heterocycles. The summed E-state index contributed by atoms with van der Waals surface area (Å²) in [5, 5.41) is 10.0. The fraction of sp³-hybridized carbons (Fsp3) is 0.159. The van der Waals surface area contributed by atoms with Crippen LogP contribution >= 0.6 is 0 Å². The van der Waals surface area contributed by atoms with Crippen LogP contribution in [0.25, 0.3) is 22.3 Å². The maximum Gasteiger partial charge on any atom is 0.147 e. The van der Waals surface area contributed by atoms with Crippen molar-refractivity contribution < 1.29 is 0 Å². The third kappa shape index (κ3) is 6.34. The maximum absolute atomic E-state index is 10.0. The summed E-state index contributed by atoms with van der Waals surface area (Å²) >= 11 is 0. The van der Waals surface area contributed by atoms with E-state index in [9.17, 15) is 5.26 Å². The van der Waals surface area contributed by atoms with Gasteiger partial charge in [0.15, 0.2) is 0 Å². The lowest BCUT2D eigenvalue weighted by molar-refractivity contribution is 0.315. The smallest absolute Gasteiger partial charge is 0.147 e. The molecule has 2 atom stereocenters. The molecule has 7 rings (SSSR count). The van der Waals surface area contributed by atoms with Crippen molar-refractivity contribution in [2.24, 2.45) is 9.98 Å². The van der Waals surface area contributed by atoms with Gasteiger partial charge in [0.25, 0.3) is 0 Å². The molecule has 2 aliphatic heterocycles. The number of hydrogen-bond donors (Lipinski definition) is 0. The second-order valence-electron chi connectivity index (χ2n) is 12.9. The molecule has 0 spiro atoms. The molecular weight excluding hydrogens is 599 g/mol. The number of likely N-dealkylation sites (N-methyl/N-ethyl adjacent to an activating group) is 1. The van der Waals surface area contributed by atoms with Crippen LogP contribution in [0, 0.1) is 18.3 Å². The normalized spacial score (nSPS) is 17.5. The highest BCUT2D eigenvalue weighted by Crippen LogP contribution is 2.34. The Morgan fingerprint density at radius 2 is 1.27 bits per heavy atom. The van der Waals surface area contributed by atoms with Gasteiger partial charge in [0.1, 0.15) is 12.0 Å². The van der Waals surface area contributed by atoms with Gasteiger partial charge >= 0.3 is 0 Å². The number of benzene rings is 5. The molecule has 5 heteroatoms. The van der Waals surface area contributed by atoms with Crippen molar-refractivity contribution in [3.8, 4) is 28.3 Å². The Kier molecular flexibility index (Phi) is 8.55. The number of rotatable bonds is 6. The van der Waals surface area contributed by atoms with Gasteiger partial charge in [-0.3, -0.25) is 4.99 Å². The summed E-state index contributed by atoms with van der Waals surface area (Å²) in [4.78, 5) is 14.4. The van der Waals surface area contributed by atoms with Crippen LogP contribution in [0.4, 0.5) is 0 Å². The molecule has 0 saturated carbocycles. The molecule has 0 fully saturated rings. The summed E-state index contributed by atoms with van der Waals surface area (Å²) in [6.45, 7) is 6.29. The summed E-state index contributed by atoms with van der Waals surface area (Å²) < 4.78 is 0. The summed E-state index contributed by atoms with van der Waals surface area (Å²) in [7, 11) is 4.19. The number of allylic oxidation sites excluding steroid dienone is 3. The van der Waals surface area contributed by atoms with Crippen LogP contribution < -0.4 is 0 Å². The fourth-order valence-electron chi connectivity index (χ4n) is 6.63. The minimum atomic E-state index is -0.0776. The molecule has 0 N–H and O–H groups in total. The van der Waals surface area contributed by atoms with Crippen LogP contribution in [0.15, 0.2) is 155 Å². The molecule has 5 nitrogen and oxygen atoms in total. The van der Waals surface area contributed by atoms with E-state index in [0.717, 1.165) is 56.3 Å². The number of amidine groups is 1. The van der Waals surface area contributed by atoms with E-state index in [4.69, 9.17) is 9.98 Å². The quantitative estimate of drug-likeness (QED) is 0.186. The van der Waals surface area contributed by atoms with Crippen LogP contribution in [0.1, 0.15) is 59.4 Å². The monoisotopic (exact) mass is 637 g/mol. The number of nitriles is 1. The van der Waals surface area contributed by atoms with E-state index in [1.54, 1.807) is 0 Å². The first-order valence-corrected chi connectivity index (χ1v) is 16.7. The van der Waals surface area contributed by atoms with Gasteiger partial charge < -0.3 is 9.80 Å². The standard InChI is InChI=1S/C44H39N5/c1-29-11-13-37(14-12-29)44-47-41(26-31(3)48(44)4)34-19-17-33(18-20-34)40-27-38(23-24-39(40)28-45)32-15-21-35(22-16-32)42-25-30(2)46-43(49(42)5)36-9-7-6-8-10-36/h6-27,42,44H,1-5H3. The van der Waals surface area contributed by atoms with Crippen molar-refractivity contribution in [3.63, 3.8) is 0 Å². The van der Waals surface area contributed by atoms with Crippen molar-refractivity contribution in [2.45, 2.75) is 33.0 Å². The summed E-state index contributed by atoms with van der Waals surface area (Å²) in [5.74, 6) is 0.970. The Morgan fingerprint density at radius 3 is 1.96 bits per heavy atom. The van der Waals surface area contributed by atoms with E-state index in [0.29, 0.717) is 5.56 Å². The topological polar surface area (TPSA) is 55.0 Å². The van der Waals surface area contributed by atoms with E-state index in [1.807, 2.05) is 30.3 Å². The minimum absolute atomic E-state index is 0.0776. The van der Waals surface area contributed by atoms with Gasteiger partial charge in [-0.05, 0) is 78.4 Å². The Balaban J connectivity index is 1.15. The third-order valence-electron chi connectivity index (χ3n) is 9.59. The molecule has 5 aromatic carbocycles. The third-order valence-corrected chi connectivity index (χ3v) is 9.59. The summed E-state index contributed by atoms with van der Waals surface area (Å²) in [5.41, 5.74) is 13.6.